The number of nitrogens with zero attached hydrogens (tertiary/aromatic N) is 1. The highest BCUT2D eigenvalue weighted by molar-refractivity contribution is 7.99. The zero-order chi connectivity index (χ0) is 14.7. The Morgan fingerprint density at radius 2 is 2.24 bits per heavy atom. The molecule has 112 valence electrons. The van der Waals surface area contributed by atoms with Crippen LogP contribution in [0.25, 0.3) is 10.9 Å². The largest absolute Gasteiger partial charge is 0.310 e. The van der Waals surface area contributed by atoms with Gasteiger partial charge in [-0.15, -0.1) is 0 Å². The standard InChI is InChI=1S/C17H21ClN2S/c1-2-21-14-7-6-13(10-14)20-11-12-5-8-16(18)15-4-3-9-19-17(12)15/h3-5,8-9,13-14,20H,2,6-7,10-11H2,1H3. The van der Waals surface area contributed by atoms with Gasteiger partial charge in [0.05, 0.1) is 5.52 Å². The van der Waals surface area contributed by atoms with Crippen LogP contribution >= 0.6 is 23.4 Å². The van der Waals surface area contributed by atoms with Crippen molar-refractivity contribution in [1.29, 1.82) is 0 Å². The molecule has 4 heteroatoms. The maximum Gasteiger partial charge on any atom is 0.0761 e. The lowest BCUT2D eigenvalue weighted by molar-refractivity contribution is 0.526. The Morgan fingerprint density at radius 1 is 1.33 bits per heavy atom. The minimum atomic E-state index is 0.642. The third kappa shape index (κ3) is 3.53. The fourth-order valence-corrected chi connectivity index (χ4v) is 4.46. The summed E-state index contributed by atoms with van der Waals surface area (Å²) in [6.07, 6.45) is 5.76. The average molecular weight is 321 g/mol. The predicted molar refractivity (Wildman–Crippen MR) is 93.2 cm³/mol. The minimum Gasteiger partial charge on any atom is -0.310 e. The molecular formula is C17H21ClN2S. The summed E-state index contributed by atoms with van der Waals surface area (Å²) in [7, 11) is 0. The molecule has 0 amide bonds. The molecule has 1 N–H and O–H groups in total. The number of pyridine rings is 1. The predicted octanol–water partition coefficient (Wildman–Crippen LogP) is 4.65. The first-order chi connectivity index (χ1) is 10.3. The van der Waals surface area contributed by atoms with E-state index in [1.54, 1.807) is 0 Å². The molecule has 2 atom stereocenters. The molecule has 2 aromatic rings. The van der Waals surface area contributed by atoms with Crippen molar-refractivity contribution in [3.05, 3.63) is 41.0 Å². The van der Waals surface area contributed by atoms with Gasteiger partial charge in [-0.1, -0.05) is 24.6 Å². The van der Waals surface area contributed by atoms with Gasteiger partial charge in [0.25, 0.3) is 0 Å². The summed E-state index contributed by atoms with van der Waals surface area (Å²) in [5.41, 5.74) is 2.26. The summed E-state index contributed by atoms with van der Waals surface area (Å²) in [5, 5.41) is 6.37. The zero-order valence-corrected chi connectivity index (χ0v) is 13.9. The number of halogens is 1. The highest BCUT2D eigenvalue weighted by Crippen LogP contribution is 2.30. The average Bonchev–Trinajstić information content (AvgIpc) is 2.95. The SMILES string of the molecule is CCSC1CCC(NCc2ccc(Cl)c3cccnc23)C1. The molecule has 3 rings (SSSR count). The molecular weight excluding hydrogens is 300 g/mol. The van der Waals surface area contributed by atoms with Gasteiger partial charge < -0.3 is 5.32 Å². The van der Waals surface area contributed by atoms with E-state index in [1.165, 1.54) is 30.6 Å². The first-order valence-electron chi connectivity index (χ1n) is 7.65. The molecule has 2 nitrogen and oxygen atoms in total. The highest BCUT2D eigenvalue weighted by Gasteiger charge is 2.24. The summed E-state index contributed by atoms with van der Waals surface area (Å²) in [6.45, 7) is 3.12. The summed E-state index contributed by atoms with van der Waals surface area (Å²) in [4.78, 5) is 4.50. The second-order valence-corrected chi connectivity index (χ2v) is 7.56. The van der Waals surface area contributed by atoms with E-state index < -0.39 is 0 Å². The lowest BCUT2D eigenvalue weighted by atomic mass is 10.1. The van der Waals surface area contributed by atoms with E-state index in [2.05, 4.69) is 35.1 Å². The molecule has 1 aliphatic rings. The van der Waals surface area contributed by atoms with Crippen molar-refractivity contribution in [3.63, 3.8) is 0 Å². The Labute approximate surface area is 135 Å². The number of fused-ring (bicyclic) bond motifs is 1. The van der Waals surface area contributed by atoms with Crippen LogP contribution in [0.1, 0.15) is 31.7 Å². The lowest BCUT2D eigenvalue weighted by Crippen LogP contribution is -2.26. The van der Waals surface area contributed by atoms with Crippen molar-refractivity contribution in [1.82, 2.24) is 10.3 Å². The molecule has 2 unspecified atom stereocenters. The molecule has 0 saturated heterocycles. The van der Waals surface area contributed by atoms with E-state index in [-0.39, 0.29) is 0 Å². The van der Waals surface area contributed by atoms with Crippen molar-refractivity contribution in [2.75, 3.05) is 5.75 Å². The van der Waals surface area contributed by atoms with Crippen molar-refractivity contribution < 1.29 is 0 Å². The molecule has 0 radical (unpaired) electrons. The number of benzene rings is 1. The summed E-state index contributed by atoms with van der Waals surface area (Å²) in [5.74, 6) is 1.23. The smallest absolute Gasteiger partial charge is 0.0761 e. The first kappa shape index (κ1) is 15.1. The van der Waals surface area contributed by atoms with Gasteiger partial charge in [-0.2, -0.15) is 11.8 Å². The molecule has 1 aromatic heterocycles. The zero-order valence-electron chi connectivity index (χ0n) is 12.3. The highest BCUT2D eigenvalue weighted by atomic mass is 35.5. The van der Waals surface area contributed by atoms with Gasteiger partial charge in [0.2, 0.25) is 0 Å². The number of rotatable bonds is 5. The van der Waals surface area contributed by atoms with Crippen LogP contribution in [-0.2, 0) is 6.54 Å². The Balaban J connectivity index is 1.68. The molecule has 21 heavy (non-hydrogen) atoms. The number of thioether (sulfide) groups is 1. The third-order valence-electron chi connectivity index (χ3n) is 4.17. The van der Waals surface area contributed by atoms with Crippen molar-refractivity contribution in [2.45, 2.75) is 44.0 Å². The van der Waals surface area contributed by atoms with E-state index in [0.717, 1.165) is 27.7 Å². The Morgan fingerprint density at radius 3 is 3.10 bits per heavy atom. The number of nitrogens with one attached hydrogen (secondary N) is 1. The van der Waals surface area contributed by atoms with Crippen LogP contribution in [0.2, 0.25) is 5.02 Å². The number of hydrogen-bond donors (Lipinski definition) is 1. The first-order valence-corrected chi connectivity index (χ1v) is 9.07. The number of aromatic nitrogens is 1. The van der Waals surface area contributed by atoms with Crippen LogP contribution in [-0.4, -0.2) is 22.0 Å². The van der Waals surface area contributed by atoms with Gasteiger partial charge in [-0.25, -0.2) is 0 Å². The Bertz CT molecular complexity index is 617. The molecule has 1 saturated carbocycles. The molecule has 1 fully saturated rings. The van der Waals surface area contributed by atoms with Crippen LogP contribution in [0.5, 0.6) is 0 Å². The van der Waals surface area contributed by atoms with Gasteiger partial charge in [0.15, 0.2) is 0 Å². The summed E-state index contributed by atoms with van der Waals surface area (Å²) in [6, 6.07) is 8.70. The van der Waals surface area contributed by atoms with E-state index in [4.69, 9.17) is 11.6 Å². The second-order valence-electron chi connectivity index (χ2n) is 5.57. The van der Waals surface area contributed by atoms with Crippen molar-refractivity contribution >= 4 is 34.3 Å². The summed E-state index contributed by atoms with van der Waals surface area (Å²) < 4.78 is 0. The molecule has 1 heterocycles. The maximum atomic E-state index is 6.25. The van der Waals surface area contributed by atoms with Crippen molar-refractivity contribution in [2.24, 2.45) is 0 Å². The van der Waals surface area contributed by atoms with Gasteiger partial charge in [0, 0.05) is 34.4 Å². The lowest BCUT2D eigenvalue weighted by Gasteiger charge is -2.14. The molecule has 0 spiro atoms. The van der Waals surface area contributed by atoms with E-state index in [0.29, 0.717) is 6.04 Å². The van der Waals surface area contributed by atoms with Crippen LogP contribution < -0.4 is 5.32 Å². The third-order valence-corrected chi connectivity index (χ3v) is 5.73. The van der Waals surface area contributed by atoms with Crippen LogP contribution in [0.15, 0.2) is 30.5 Å². The van der Waals surface area contributed by atoms with Gasteiger partial charge in [-0.3, -0.25) is 4.98 Å². The van der Waals surface area contributed by atoms with Gasteiger partial charge in [-0.05, 0) is 48.8 Å². The topological polar surface area (TPSA) is 24.9 Å². The van der Waals surface area contributed by atoms with Crippen LogP contribution in [0, 0.1) is 0 Å². The normalized spacial score (nSPS) is 22.0. The maximum absolute atomic E-state index is 6.25. The molecule has 0 aliphatic heterocycles. The molecule has 0 bridgehead atoms. The van der Waals surface area contributed by atoms with Crippen LogP contribution in [0.4, 0.5) is 0 Å². The van der Waals surface area contributed by atoms with Crippen molar-refractivity contribution in [3.8, 4) is 0 Å². The molecule has 1 aliphatic carbocycles. The number of hydrogen-bond acceptors (Lipinski definition) is 3. The van der Waals surface area contributed by atoms with E-state index in [9.17, 15) is 0 Å². The van der Waals surface area contributed by atoms with Crippen LogP contribution in [0.3, 0.4) is 0 Å². The fraction of sp³-hybridized carbons (Fsp3) is 0.471. The Hall–Kier alpha value is -0.770. The van der Waals surface area contributed by atoms with Gasteiger partial charge >= 0.3 is 0 Å². The van der Waals surface area contributed by atoms with Gasteiger partial charge in [0.1, 0.15) is 0 Å². The molecule has 1 aromatic carbocycles. The monoisotopic (exact) mass is 320 g/mol. The summed E-state index contributed by atoms with van der Waals surface area (Å²) >= 11 is 8.35. The Kier molecular flexibility index (Phi) is 5.04. The van der Waals surface area contributed by atoms with E-state index in [1.807, 2.05) is 24.4 Å². The quantitative estimate of drug-likeness (QED) is 0.868. The van der Waals surface area contributed by atoms with E-state index >= 15 is 0 Å². The fourth-order valence-electron chi connectivity index (χ4n) is 3.11. The minimum absolute atomic E-state index is 0.642. The second kappa shape index (κ2) is 6.99.